The van der Waals surface area contributed by atoms with Gasteiger partial charge >= 0.3 is 11.9 Å². The smallest absolute Gasteiger partial charge is 0.320 e. The second-order valence-electron chi connectivity index (χ2n) is 7.25. The van der Waals surface area contributed by atoms with E-state index in [1.165, 1.54) is 14.2 Å². The number of carbonyl (C=O) groups excluding carboxylic acids is 1. The molecule has 3 aromatic carbocycles. The number of carboxylic acids is 1. The fraction of sp³-hybridized carbons (Fsp3) is 0.231. The van der Waals surface area contributed by atoms with E-state index in [1.807, 2.05) is 60.7 Å². The second kappa shape index (κ2) is 11.0. The number of benzene rings is 3. The summed E-state index contributed by atoms with van der Waals surface area (Å²) in [6.45, 7) is 0.0336. The molecule has 0 aliphatic rings. The third-order valence-corrected chi connectivity index (χ3v) is 5.29. The highest BCUT2D eigenvalue weighted by Gasteiger charge is 2.31. The Bertz CT molecular complexity index is 993. The van der Waals surface area contributed by atoms with Crippen LogP contribution in [0.3, 0.4) is 0 Å². The maximum Gasteiger partial charge on any atom is 0.320 e. The van der Waals surface area contributed by atoms with Gasteiger partial charge in [0.05, 0.1) is 14.2 Å². The van der Waals surface area contributed by atoms with Crippen LogP contribution in [0.2, 0.25) is 0 Å². The van der Waals surface area contributed by atoms with Gasteiger partial charge < -0.3 is 19.3 Å². The summed E-state index contributed by atoms with van der Waals surface area (Å²) in [6.07, 6.45) is -0.0735. The molecule has 0 spiro atoms. The summed E-state index contributed by atoms with van der Waals surface area (Å²) >= 11 is 0. The van der Waals surface area contributed by atoms with Gasteiger partial charge in [-0.05, 0) is 22.8 Å². The van der Waals surface area contributed by atoms with Gasteiger partial charge in [-0.2, -0.15) is 0 Å². The van der Waals surface area contributed by atoms with Gasteiger partial charge in [-0.1, -0.05) is 72.8 Å². The fourth-order valence-electron chi connectivity index (χ4n) is 3.63. The molecule has 0 radical (unpaired) electrons. The predicted molar refractivity (Wildman–Crippen MR) is 120 cm³/mol. The van der Waals surface area contributed by atoms with Crippen molar-refractivity contribution in [2.45, 2.75) is 12.3 Å². The van der Waals surface area contributed by atoms with Gasteiger partial charge in [0.15, 0.2) is 17.4 Å². The Labute approximate surface area is 187 Å². The molecule has 6 nitrogen and oxygen atoms in total. The van der Waals surface area contributed by atoms with E-state index in [-0.39, 0.29) is 18.9 Å². The second-order valence-corrected chi connectivity index (χ2v) is 7.25. The monoisotopic (exact) mass is 434 g/mol. The molecular formula is C26H26O6. The normalized spacial score (nSPS) is 11.6. The molecule has 3 aromatic rings. The highest BCUT2D eigenvalue weighted by molar-refractivity contribution is 5.94. The number of rotatable bonds is 10. The molecule has 0 aliphatic heterocycles. The molecular weight excluding hydrogens is 408 g/mol. The third kappa shape index (κ3) is 5.46. The van der Waals surface area contributed by atoms with Crippen molar-refractivity contribution in [1.82, 2.24) is 0 Å². The van der Waals surface area contributed by atoms with E-state index in [1.54, 1.807) is 18.2 Å². The molecule has 0 aromatic heterocycles. The lowest BCUT2D eigenvalue weighted by Gasteiger charge is -2.20. The Balaban J connectivity index is 1.79. The number of methoxy groups -OCH3 is 2. The van der Waals surface area contributed by atoms with Gasteiger partial charge in [0.1, 0.15) is 6.61 Å². The first-order valence-corrected chi connectivity index (χ1v) is 10.2. The summed E-state index contributed by atoms with van der Waals surface area (Å²) in [5.41, 5.74) is 2.51. The van der Waals surface area contributed by atoms with Crippen molar-refractivity contribution >= 4 is 11.9 Å². The van der Waals surface area contributed by atoms with Crippen molar-refractivity contribution in [3.63, 3.8) is 0 Å². The van der Waals surface area contributed by atoms with Crippen LogP contribution in [-0.2, 0) is 20.7 Å². The number of hydrogen-bond donors (Lipinski definition) is 1. The summed E-state index contributed by atoms with van der Waals surface area (Å²) in [6, 6.07) is 24.5. The minimum atomic E-state index is -1.37. The molecule has 32 heavy (non-hydrogen) atoms. The highest BCUT2D eigenvalue weighted by atomic mass is 16.5. The van der Waals surface area contributed by atoms with Crippen LogP contribution >= 0.6 is 0 Å². The van der Waals surface area contributed by atoms with Crippen LogP contribution in [0.4, 0.5) is 0 Å². The van der Waals surface area contributed by atoms with Crippen LogP contribution in [0.25, 0.3) is 0 Å². The Morgan fingerprint density at radius 2 is 1.41 bits per heavy atom. The molecule has 3 rings (SSSR count). The van der Waals surface area contributed by atoms with Crippen molar-refractivity contribution in [3.05, 3.63) is 95.6 Å². The summed E-state index contributed by atoms with van der Waals surface area (Å²) in [5.74, 6) is -2.75. The average molecular weight is 434 g/mol. The zero-order valence-corrected chi connectivity index (χ0v) is 18.1. The van der Waals surface area contributed by atoms with Crippen LogP contribution in [0, 0.1) is 5.92 Å². The molecule has 0 saturated heterocycles. The lowest BCUT2D eigenvalue weighted by atomic mass is 9.92. The van der Waals surface area contributed by atoms with Crippen LogP contribution in [0.15, 0.2) is 78.9 Å². The van der Waals surface area contributed by atoms with Gasteiger partial charge in [0.2, 0.25) is 0 Å². The lowest BCUT2D eigenvalue weighted by molar-refractivity contribution is -0.158. The molecule has 0 heterocycles. The first-order valence-electron chi connectivity index (χ1n) is 10.2. The SMILES string of the molecule is COc1cccc(CC(C(=O)O)C(=O)OCC(c2ccccc2)c2ccccc2)c1OC. The van der Waals surface area contributed by atoms with Crippen LogP contribution in [0.1, 0.15) is 22.6 Å². The zero-order chi connectivity index (χ0) is 22.9. The van der Waals surface area contributed by atoms with Gasteiger partial charge in [-0.3, -0.25) is 9.59 Å². The van der Waals surface area contributed by atoms with E-state index in [9.17, 15) is 14.7 Å². The van der Waals surface area contributed by atoms with Crippen molar-refractivity contribution in [1.29, 1.82) is 0 Å². The maximum atomic E-state index is 12.8. The number of carbonyl (C=O) groups is 2. The van der Waals surface area contributed by atoms with Crippen LogP contribution in [-0.4, -0.2) is 37.9 Å². The topological polar surface area (TPSA) is 82.1 Å². The molecule has 0 fully saturated rings. The zero-order valence-electron chi connectivity index (χ0n) is 18.1. The Hall–Kier alpha value is -3.80. The minimum absolute atomic E-state index is 0.0336. The molecule has 6 heteroatoms. The third-order valence-electron chi connectivity index (χ3n) is 5.29. The Kier molecular flexibility index (Phi) is 7.86. The van der Waals surface area contributed by atoms with E-state index < -0.39 is 17.9 Å². The van der Waals surface area contributed by atoms with Crippen molar-refractivity contribution in [2.24, 2.45) is 5.92 Å². The summed E-state index contributed by atoms with van der Waals surface area (Å²) < 4.78 is 16.2. The summed E-state index contributed by atoms with van der Waals surface area (Å²) in [5, 5.41) is 9.72. The lowest BCUT2D eigenvalue weighted by Crippen LogP contribution is -2.29. The standard InChI is InChI=1S/C26H26O6/c1-30-23-15-9-14-20(24(23)31-2)16-21(25(27)28)26(29)32-17-22(18-10-5-3-6-11-18)19-12-7-4-8-13-19/h3-15,21-22H,16-17H2,1-2H3,(H,27,28). The van der Waals surface area contributed by atoms with Crippen LogP contribution in [0.5, 0.6) is 11.5 Å². The number of esters is 1. The molecule has 1 N–H and O–H groups in total. The quantitative estimate of drug-likeness (QED) is 0.378. The molecule has 0 saturated carbocycles. The maximum absolute atomic E-state index is 12.8. The molecule has 1 atom stereocenters. The van der Waals surface area contributed by atoms with Crippen LogP contribution < -0.4 is 9.47 Å². The van der Waals surface area contributed by atoms with E-state index >= 15 is 0 Å². The summed E-state index contributed by atoms with van der Waals surface area (Å²) in [7, 11) is 2.97. The van der Waals surface area contributed by atoms with Gasteiger partial charge in [0.25, 0.3) is 0 Å². The van der Waals surface area contributed by atoms with Gasteiger partial charge in [-0.15, -0.1) is 0 Å². The van der Waals surface area contributed by atoms with E-state index in [0.717, 1.165) is 11.1 Å². The molecule has 0 bridgehead atoms. The fourth-order valence-corrected chi connectivity index (χ4v) is 3.63. The van der Waals surface area contributed by atoms with E-state index in [2.05, 4.69) is 0 Å². The average Bonchev–Trinajstić information content (AvgIpc) is 2.83. The van der Waals surface area contributed by atoms with E-state index in [4.69, 9.17) is 14.2 Å². The largest absolute Gasteiger partial charge is 0.493 e. The molecule has 0 aliphatic carbocycles. The first-order chi connectivity index (χ1) is 15.5. The highest BCUT2D eigenvalue weighted by Crippen LogP contribution is 2.33. The Morgan fingerprint density at radius 1 is 0.812 bits per heavy atom. The number of ether oxygens (including phenoxy) is 3. The molecule has 0 amide bonds. The van der Waals surface area contributed by atoms with Gasteiger partial charge in [0, 0.05) is 12.3 Å². The first kappa shape index (κ1) is 22.9. The van der Waals surface area contributed by atoms with Gasteiger partial charge in [-0.25, -0.2) is 0 Å². The molecule has 1 unspecified atom stereocenters. The molecule has 166 valence electrons. The van der Waals surface area contributed by atoms with Crippen molar-refractivity contribution in [3.8, 4) is 11.5 Å². The Morgan fingerprint density at radius 3 is 1.91 bits per heavy atom. The number of para-hydroxylation sites is 1. The number of hydrogen-bond acceptors (Lipinski definition) is 5. The number of aliphatic carboxylic acids is 1. The van der Waals surface area contributed by atoms with Crippen molar-refractivity contribution in [2.75, 3.05) is 20.8 Å². The minimum Gasteiger partial charge on any atom is -0.493 e. The van der Waals surface area contributed by atoms with E-state index in [0.29, 0.717) is 17.1 Å². The van der Waals surface area contributed by atoms with Crippen molar-refractivity contribution < 1.29 is 28.9 Å². The summed E-state index contributed by atoms with van der Waals surface area (Å²) in [4.78, 5) is 24.7. The number of carboxylic acid groups (broad SMARTS) is 1. The predicted octanol–water partition coefficient (Wildman–Crippen LogP) is 4.32.